The van der Waals surface area contributed by atoms with Crippen LogP contribution in [-0.2, 0) is 11.3 Å². The van der Waals surface area contributed by atoms with E-state index in [-0.39, 0.29) is 0 Å². The van der Waals surface area contributed by atoms with E-state index in [1.807, 2.05) is 6.33 Å². The summed E-state index contributed by atoms with van der Waals surface area (Å²) in [6.07, 6.45) is 7.87. The molecule has 2 heterocycles. The Balaban J connectivity index is 1.88. The van der Waals surface area contributed by atoms with E-state index >= 15 is 0 Å². The lowest BCUT2D eigenvalue weighted by atomic mass is 10.0. The van der Waals surface area contributed by atoms with E-state index in [0.29, 0.717) is 12.1 Å². The Morgan fingerprint density at radius 2 is 2.47 bits per heavy atom. The van der Waals surface area contributed by atoms with Crippen LogP contribution in [0.2, 0.25) is 0 Å². The molecule has 0 bridgehead atoms. The molecule has 4 heteroatoms. The normalized spacial score (nSPS) is 25.1. The number of hydrogen-bond acceptors (Lipinski definition) is 3. The van der Waals surface area contributed by atoms with Gasteiger partial charge in [0.15, 0.2) is 0 Å². The van der Waals surface area contributed by atoms with Gasteiger partial charge in [-0.15, -0.1) is 0 Å². The first-order valence-corrected chi connectivity index (χ1v) is 6.64. The van der Waals surface area contributed by atoms with Gasteiger partial charge in [0, 0.05) is 25.4 Å². The molecule has 1 N–H and O–H groups in total. The summed E-state index contributed by atoms with van der Waals surface area (Å²) >= 11 is 0. The smallest absolute Gasteiger partial charge is 0.0952 e. The summed E-state index contributed by atoms with van der Waals surface area (Å²) in [7, 11) is 0. The Morgan fingerprint density at radius 1 is 1.59 bits per heavy atom. The summed E-state index contributed by atoms with van der Waals surface area (Å²) in [6, 6.07) is 0.561. The fourth-order valence-electron chi connectivity index (χ4n) is 2.31. The third-order valence-electron chi connectivity index (χ3n) is 3.27. The molecule has 1 saturated heterocycles. The maximum Gasteiger partial charge on any atom is 0.0952 e. The van der Waals surface area contributed by atoms with Gasteiger partial charge in [0.2, 0.25) is 0 Å². The number of nitrogens with zero attached hydrogens (tertiary/aromatic N) is 2. The van der Waals surface area contributed by atoms with Crippen molar-refractivity contribution in [3.63, 3.8) is 0 Å². The number of nitrogens with one attached hydrogen (secondary N) is 1. The molecule has 0 aliphatic carbocycles. The zero-order chi connectivity index (χ0) is 12.1. The summed E-state index contributed by atoms with van der Waals surface area (Å²) in [5, 5.41) is 3.38. The van der Waals surface area contributed by atoms with Gasteiger partial charge < -0.3 is 14.6 Å². The first-order valence-electron chi connectivity index (χ1n) is 6.64. The molecule has 1 fully saturated rings. The molecule has 0 aromatic carbocycles. The lowest BCUT2D eigenvalue weighted by Crippen LogP contribution is -2.24. The van der Waals surface area contributed by atoms with Crippen molar-refractivity contribution in [2.75, 3.05) is 13.2 Å². The molecule has 0 radical (unpaired) electrons. The molecule has 2 unspecified atom stereocenters. The van der Waals surface area contributed by atoms with Crippen LogP contribution in [0.15, 0.2) is 12.5 Å². The minimum atomic E-state index is 0.373. The van der Waals surface area contributed by atoms with Gasteiger partial charge in [0.05, 0.1) is 18.1 Å². The molecule has 4 nitrogen and oxygen atoms in total. The zero-order valence-electron chi connectivity index (χ0n) is 10.9. The second-order valence-corrected chi connectivity index (χ2v) is 4.85. The largest absolute Gasteiger partial charge is 0.378 e. The van der Waals surface area contributed by atoms with Gasteiger partial charge in [-0.3, -0.25) is 0 Å². The minimum absolute atomic E-state index is 0.373. The Bertz CT molecular complexity index is 337. The van der Waals surface area contributed by atoms with Gasteiger partial charge in [0.25, 0.3) is 0 Å². The SMILES string of the molecule is CCCNCc1cn(C2CCOC(C)C2)cn1. The average Bonchev–Trinajstić information content (AvgIpc) is 2.78. The Morgan fingerprint density at radius 3 is 3.24 bits per heavy atom. The van der Waals surface area contributed by atoms with Crippen LogP contribution in [0.25, 0.3) is 0 Å². The first-order chi connectivity index (χ1) is 8.29. The van der Waals surface area contributed by atoms with Crippen LogP contribution >= 0.6 is 0 Å². The van der Waals surface area contributed by atoms with Crippen LogP contribution in [-0.4, -0.2) is 28.8 Å². The Hall–Kier alpha value is -0.870. The molecule has 96 valence electrons. The maximum absolute atomic E-state index is 5.57. The number of ether oxygens (including phenoxy) is 1. The number of imidazole rings is 1. The Kier molecular flexibility index (Phi) is 4.57. The van der Waals surface area contributed by atoms with Gasteiger partial charge in [-0.1, -0.05) is 6.92 Å². The molecule has 2 atom stereocenters. The summed E-state index contributed by atoms with van der Waals surface area (Å²) in [5.74, 6) is 0. The molecular formula is C13H23N3O. The van der Waals surface area contributed by atoms with Crippen molar-refractivity contribution in [3.8, 4) is 0 Å². The van der Waals surface area contributed by atoms with E-state index in [1.165, 1.54) is 0 Å². The number of aromatic nitrogens is 2. The van der Waals surface area contributed by atoms with Crippen LogP contribution < -0.4 is 5.32 Å². The molecule has 1 aromatic heterocycles. The quantitative estimate of drug-likeness (QED) is 0.797. The van der Waals surface area contributed by atoms with E-state index in [4.69, 9.17) is 4.74 Å². The highest BCUT2D eigenvalue weighted by Gasteiger charge is 2.20. The molecular weight excluding hydrogens is 214 g/mol. The lowest BCUT2D eigenvalue weighted by Gasteiger charge is -2.28. The predicted molar refractivity (Wildman–Crippen MR) is 67.9 cm³/mol. The molecule has 1 aliphatic rings. The Labute approximate surface area is 103 Å². The summed E-state index contributed by atoms with van der Waals surface area (Å²) in [4.78, 5) is 4.45. The van der Waals surface area contributed by atoms with Crippen LogP contribution in [0.3, 0.4) is 0 Å². The van der Waals surface area contributed by atoms with E-state index in [9.17, 15) is 0 Å². The second kappa shape index (κ2) is 6.17. The third-order valence-corrected chi connectivity index (χ3v) is 3.27. The maximum atomic E-state index is 5.57. The van der Waals surface area contributed by atoms with Crippen LogP contribution in [0.1, 0.15) is 44.8 Å². The lowest BCUT2D eigenvalue weighted by molar-refractivity contribution is 0.00592. The number of rotatable bonds is 5. The summed E-state index contributed by atoms with van der Waals surface area (Å²) in [5.41, 5.74) is 1.14. The van der Waals surface area contributed by atoms with Crippen LogP contribution in [0.5, 0.6) is 0 Å². The van der Waals surface area contributed by atoms with Gasteiger partial charge in [-0.25, -0.2) is 4.98 Å². The van der Waals surface area contributed by atoms with Crippen molar-refractivity contribution in [1.29, 1.82) is 0 Å². The summed E-state index contributed by atoms with van der Waals surface area (Å²) < 4.78 is 7.82. The molecule has 0 saturated carbocycles. The van der Waals surface area contributed by atoms with Crippen LogP contribution in [0.4, 0.5) is 0 Å². The molecule has 2 rings (SSSR count). The molecule has 17 heavy (non-hydrogen) atoms. The highest BCUT2D eigenvalue weighted by Crippen LogP contribution is 2.24. The average molecular weight is 237 g/mol. The van der Waals surface area contributed by atoms with E-state index in [1.54, 1.807) is 0 Å². The molecule has 0 spiro atoms. The second-order valence-electron chi connectivity index (χ2n) is 4.85. The van der Waals surface area contributed by atoms with Gasteiger partial charge in [-0.05, 0) is 32.7 Å². The van der Waals surface area contributed by atoms with Crippen molar-refractivity contribution < 1.29 is 4.74 Å². The van der Waals surface area contributed by atoms with E-state index in [0.717, 1.165) is 44.7 Å². The fourth-order valence-corrected chi connectivity index (χ4v) is 2.31. The standard InChI is InChI=1S/C13H23N3O/c1-3-5-14-8-12-9-16(10-15-12)13-4-6-17-11(2)7-13/h9-11,13-14H,3-8H2,1-2H3. The van der Waals surface area contributed by atoms with Crippen molar-refractivity contribution in [2.24, 2.45) is 0 Å². The highest BCUT2D eigenvalue weighted by atomic mass is 16.5. The van der Waals surface area contributed by atoms with Crippen molar-refractivity contribution in [3.05, 3.63) is 18.2 Å². The first kappa shape index (κ1) is 12.6. The molecule has 0 amide bonds. The topological polar surface area (TPSA) is 39.1 Å². The van der Waals surface area contributed by atoms with Gasteiger partial charge in [0.1, 0.15) is 0 Å². The van der Waals surface area contributed by atoms with Gasteiger partial charge >= 0.3 is 0 Å². The highest BCUT2D eigenvalue weighted by molar-refractivity contribution is 4.98. The minimum Gasteiger partial charge on any atom is -0.378 e. The van der Waals surface area contributed by atoms with Crippen molar-refractivity contribution >= 4 is 0 Å². The zero-order valence-corrected chi connectivity index (χ0v) is 10.9. The van der Waals surface area contributed by atoms with Crippen molar-refractivity contribution in [2.45, 2.75) is 51.8 Å². The molecule has 1 aromatic rings. The number of hydrogen-bond donors (Lipinski definition) is 1. The van der Waals surface area contributed by atoms with Gasteiger partial charge in [-0.2, -0.15) is 0 Å². The van der Waals surface area contributed by atoms with E-state index < -0.39 is 0 Å². The summed E-state index contributed by atoms with van der Waals surface area (Å²) in [6.45, 7) is 7.12. The molecule has 1 aliphatic heterocycles. The predicted octanol–water partition coefficient (Wildman–Crippen LogP) is 2.12. The van der Waals surface area contributed by atoms with Crippen molar-refractivity contribution in [1.82, 2.24) is 14.9 Å². The van der Waals surface area contributed by atoms with Crippen LogP contribution in [0, 0.1) is 0 Å². The fraction of sp³-hybridized carbons (Fsp3) is 0.769. The van der Waals surface area contributed by atoms with E-state index in [2.05, 4.69) is 34.9 Å². The monoisotopic (exact) mass is 237 g/mol. The third kappa shape index (κ3) is 3.54.